The monoisotopic (exact) mass is 316 g/mol. The molecule has 0 aromatic carbocycles. The zero-order chi connectivity index (χ0) is 13.9. The lowest BCUT2D eigenvalue weighted by molar-refractivity contribution is -0.0373. The summed E-state index contributed by atoms with van der Waals surface area (Å²) in [5.74, 6) is 0. The molecule has 0 aliphatic rings. The molecule has 17 heavy (non-hydrogen) atoms. The van der Waals surface area contributed by atoms with Crippen molar-refractivity contribution in [3.63, 3.8) is 0 Å². The van der Waals surface area contributed by atoms with Gasteiger partial charge in [0, 0.05) is 0 Å². The van der Waals surface area contributed by atoms with Crippen LogP contribution in [0.1, 0.15) is 13.3 Å². The zero-order valence-corrected chi connectivity index (χ0v) is 11.0. The Labute approximate surface area is 95.4 Å². The van der Waals surface area contributed by atoms with Gasteiger partial charge in [0.1, 0.15) is 0 Å². The molecule has 5 N–H and O–H groups in total. The van der Waals surface area contributed by atoms with Crippen molar-refractivity contribution >= 4 is 23.5 Å². The average Bonchev–Trinajstić information content (AvgIpc) is 1.94. The van der Waals surface area contributed by atoms with Gasteiger partial charge in [0.15, 0.2) is 6.29 Å². The number of hydrogen-bond acceptors (Lipinski definition) is 7. The van der Waals surface area contributed by atoms with Gasteiger partial charge in [-0.3, -0.25) is 4.52 Å². The number of hydrogen-bond donors (Lipinski definition) is 5. The molecule has 0 bridgehead atoms. The zero-order valence-electron chi connectivity index (χ0n) is 8.31. The summed E-state index contributed by atoms with van der Waals surface area (Å²) in [6, 6.07) is 0. The van der Waals surface area contributed by atoms with Crippen molar-refractivity contribution in [2.75, 3.05) is 0 Å². The Balaban J connectivity index is 4.65. The normalized spacial score (nSPS) is 21.5. The Kier molecular flexibility index (Phi) is 6.14. The molecule has 0 saturated carbocycles. The standard InChI is InChI=1S/C3H11O11P3/c1-2-3(4)12-16(8,9)14-17(10,11)13-15(5,6)7/h3-4H,2H2,1H3,(H,8,9)(H,10,11)(H2,5,6,7). The summed E-state index contributed by atoms with van der Waals surface area (Å²) in [5, 5.41) is 8.82. The highest BCUT2D eigenvalue weighted by Gasteiger charge is 2.41. The van der Waals surface area contributed by atoms with E-state index in [1.807, 2.05) is 0 Å². The molecule has 0 radical (unpaired) electrons. The first-order valence-corrected chi connectivity index (χ1v) is 8.39. The van der Waals surface area contributed by atoms with E-state index >= 15 is 0 Å². The van der Waals surface area contributed by atoms with Gasteiger partial charge in [-0.1, -0.05) is 6.92 Å². The van der Waals surface area contributed by atoms with Crippen LogP contribution in [0.3, 0.4) is 0 Å². The topological polar surface area (TPSA) is 180 Å². The van der Waals surface area contributed by atoms with Gasteiger partial charge in [0.05, 0.1) is 0 Å². The van der Waals surface area contributed by atoms with Crippen molar-refractivity contribution in [3.8, 4) is 0 Å². The van der Waals surface area contributed by atoms with Crippen molar-refractivity contribution in [1.82, 2.24) is 0 Å². The first-order chi connectivity index (χ1) is 7.37. The molecule has 0 amide bonds. The molecule has 0 aromatic heterocycles. The second-order valence-electron chi connectivity index (χ2n) is 2.56. The summed E-state index contributed by atoms with van der Waals surface area (Å²) in [7, 11) is -16.1. The maximum Gasteiger partial charge on any atom is 0.490 e. The Morgan fingerprint density at radius 2 is 1.47 bits per heavy atom. The van der Waals surface area contributed by atoms with Crippen molar-refractivity contribution in [3.05, 3.63) is 0 Å². The van der Waals surface area contributed by atoms with Gasteiger partial charge in [-0.2, -0.15) is 8.62 Å². The number of phosphoric acid groups is 3. The van der Waals surface area contributed by atoms with Crippen LogP contribution < -0.4 is 0 Å². The SMILES string of the molecule is CCC(O)OP(=O)(O)OP(=O)(O)OP(=O)(O)O. The molecule has 11 nitrogen and oxygen atoms in total. The van der Waals surface area contributed by atoms with Gasteiger partial charge in [-0.25, -0.2) is 13.7 Å². The Morgan fingerprint density at radius 3 is 1.82 bits per heavy atom. The molecule has 0 rings (SSSR count). The molecule has 0 heterocycles. The highest BCUT2D eigenvalue weighted by Crippen LogP contribution is 2.66. The van der Waals surface area contributed by atoms with Crippen LogP contribution >= 0.6 is 23.5 Å². The van der Waals surface area contributed by atoms with E-state index in [-0.39, 0.29) is 6.42 Å². The molecular formula is C3H11O11P3. The third kappa shape index (κ3) is 9.01. The summed E-state index contributed by atoms with van der Waals surface area (Å²) in [4.78, 5) is 33.9. The molecule has 3 atom stereocenters. The van der Waals surface area contributed by atoms with E-state index in [4.69, 9.17) is 24.7 Å². The van der Waals surface area contributed by atoms with Gasteiger partial charge >= 0.3 is 23.5 Å². The van der Waals surface area contributed by atoms with E-state index in [1.165, 1.54) is 6.92 Å². The van der Waals surface area contributed by atoms with E-state index in [9.17, 15) is 13.7 Å². The van der Waals surface area contributed by atoms with Gasteiger partial charge in [0.25, 0.3) is 0 Å². The lowest BCUT2D eigenvalue weighted by Gasteiger charge is -2.17. The Hall–Kier alpha value is 0.370. The van der Waals surface area contributed by atoms with Crippen LogP contribution in [0.4, 0.5) is 0 Å². The van der Waals surface area contributed by atoms with Gasteiger partial charge < -0.3 is 24.7 Å². The second-order valence-corrected chi connectivity index (χ2v) is 6.93. The minimum absolute atomic E-state index is 0.136. The fourth-order valence-corrected chi connectivity index (χ4v) is 3.64. The lowest BCUT2D eigenvalue weighted by atomic mass is 10.5. The van der Waals surface area contributed by atoms with Crippen LogP contribution in [-0.2, 0) is 26.8 Å². The summed E-state index contributed by atoms with van der Waals surface area (Å²) in [6.07, 6.45) is -1.90. The van der Waals surface area contributed by atoms with E-state index in [0.717, 1.165) is 0 Å². The third-order valence-corrected chi connectivity index (χ3v) is 4.86. The quantitative estimate of drug-likeness (QED) is 0.316. The number of aliphatic hydroxyl groups is 1. The fraction of sp³-hybridized carbons (Fsp3) is 1.00. The second kappa shape index (κ2) is 6.01. The minimum Gasteiger partial charge on any atom is -0.367 e. The van der Waals surface area contributed by atoms with Gasteiger partial charge in [-0.05, 0) is 6.42 Å². The molecular weight excluding hydrogens is 305 g/mol. The van der Waals surface area contributed by atoms with E-state index < -0.39 is 29.8 Å². The smallest absolute Gasteiger partial charge is 0.367 e. The molecule has 3 unspecified atom stereocenters. The van der Waals surface area contributed by atoms with E-state index in [2.05, 4.69) is 13.1 Å². The predicted molar refractivity (Wildman–Crippen MR) is 51.2 cm³/mol. The average molecular weight is 316 g/mol. The van der Waals surface area contributed by atoms with Gasteiger partial charge in [0.2, 0.25) is 0 Å². The van der Waals surface area contributed by atoms with Crippen LogP contribution in [0.2, 0.25) is 0 Å². The molecule has 0 aliphatic heterocycles. The van der Waals surface area contributed by atoms with Crippen molar-refractivity contribution < 1.29 is 51.5 Å². The van der Waals surface area contributed by atoms with Crippen LogP contribution in [0.5, 0.6) is 0 Å². The molecule has 14 heteroatoms. The summed E-state index contributed by atoms with van der Waals surface area (Å²) in [5.41, 5.74) is 0. The third-order valence-electron chi connectivity index (χ3n) is 1.02. The molecule has 0 aromatic rings. The first-order valence-electron chi connectivity index (χ1n) is 3.87. The Bertz CT molecular complexity index is 383. The predicted octanol–water partition coefficient (Wildman–Crippen LogP) is 0.0581. The summed E-state index contributed by atoms with van der Waals surface area (Å²) < 4.78 is 42.7. The molecule has 0 saturated heterocycles. The maximum absolute atomic E-state index is 11.0. The van der Waals surface area contributed by atoms with Gasteiger partial charge in [-0.15, -0.1) is 0 Å². The number of phosphoric ester groups is 1. The lowest BCUT2D eigenvalue weighted by Crippen LogP contribution is -2.09. The molecule has 0 fully saturated rings. The highest BCUT2D eigenvalue weighted by molar-refractivity contribution is 7.66. The van der Waals surface area contributed by atoms with Crippen LogP contribution in [-0.4, -0.2) is 31.0 Å². The van der Waals surface area contributed by atoms with Crippen molar-refractivity contribution in [2.24, 2.45) is 0 Å². The fourth-order valence-electron chi connectivity index (χ4n) is 0.527. The van der Waals surface area contributed by atoms with E-state index in [0.29, 0.717) is 0 Å². The first kappa shape index (κ1) is 17.4. The number of aliphatic hydroxyl groups excluding tert-OH is 1. The Morgan fingerprint density at radius 1 is 1.00 bits per heavy atom. The minimum atomic E-state index is -5.51. The summed E-state index contributed by atoms with van der Waals surface area (Å²) >= 11 is 0. The van der Waals surface area contributed by atoms with Crippen molar-refractivity contribution in [2.45, 2.75) is 19.6 Å². The van der Waals surface area contributed by atoms with Crippen LogP contribution in [0.15, 0.2) is 0 Å². The van der Waals surface area contributed by atoms with Crippen LogP contribution in [0, 0.1) is 0 Å². The maximum atomic E-state index is 11.0. The molecule has 104 valence electrons. The molecule has 0 spiro atoms. The van der Waals surface area contributed by atoms with Crippen LogP contribution in [0.25, 0.3) is 0 Å². The molecule has 0 aliphatic carbocycles. The summed E-state index contributed by atoms with van der Waals surface area (Å²) in [6.45, 7) is 1.36. The number of rotatable bonds is 7. The largest absolute Gasteiger partial charge is 0.490 e. The van der Waals surface area contributed by atoms with E-state index in [1.54, 1.807) is 0 Å². The highest BCUT2D eigenvalue weighted by atomic mass is 31.3. The van der Waals surface area contributed by atoms with Crippen molar-refractivity contribution in [1.29, 1.82) is 0 Å².